The smallest absolute Gasteiger partial charge is 0.127 e. The molecule has 27 heavy (non-hydrogen) atoms. The Bertz CT molecular complexity index is 838. The number of para-hydroxylation sites is 1. The second-order valence-electron chi connectivity index (χ2n) is 7.23. The van der Waals surface area contributed by atoms with E-state index in [-0.39, 0.29) is 6.04 Å². The van der Waals surface area contributed by atoms with Gasteiger partial charge in [0.2, 0.25) is 0 Å². The summed E-state index contributed by atoms with van der Waals surface area (Å²) in [4.78, 5) is 0. The van der Waals surface area contributed by atoms with Crippen LogP contribution in [0, 0.1) is 0 Å². The molecule has 3 aromatic rings. The highest BCUT2D eigenvalue weighted by Crippen LogP contribution is 2.30. The Kier molecular flexibility index (Phi) is 6.17. The Hall–Kier alpha value is -2.75. The van der Waals surface area contributed by atoms with Crippen LogP contribution in [0.3, 0.4) is 0 Å². The average molecular weight is 364 g/mol. The molecule has 4 nitrogen and oxygen atoms in total. The summed E-state index contributed by atoms with van der Waals surface area (Å²) in [6.45, 7) is 6.57. The minimum atomic E-state index is 0.252. The van der Waals surface area contributed by atoms with Crippen molar-refractivity contribution in [3.63, 3.8) is 0 Å². The summed E-state index contributed by atoms with van der Waals surface area (Å²) in [6.07, 6.45) is 4.24. The third kappa shape index (κ3) is 4.91. The van der Waals surface area contributed by atoms with Crippen LogP contribution in [0.1, 0.15) is 56.8 Å². The Balaban J connectivity index is 1.77. The molecule has 0 aliphatic rings. The predicted molar refractivity (Wildman–Crippen MR) is 112 cm³/mol. The summed E-state index contributed by atoms with van der Waals surface area (Å²) in [5.74, 6) is 2.09. The van der Waals surface area contributed by atoms with Gasteiger partial charge in [-0.1, -0.05) is 57.5 Å². The third-order valence-electron chi connectivity index (χ3n) is 4.57. The van der Waals surface area contributed by atoms with Crippen molar-refractivity contribution in [3.8, 4) is 11.5 Å². The van der Waals surface area contributed by atoms with Crippen LogP contribution in [0.5, 0.6) is 11.5 Å². The highest BCUT2D eigenvalue weighted by Gasteiger charge is 2.17. The summed E-state index contributed by atoms with van der Waals surface area (Å²) >= 11 is 0. The van der Waals surface area contributed by atoms with Gasteiger partial charge in [-0.05, 0) is 42.2 Å². The highest BCUT2D eigenvalue weighted by molar-refractivity contribution is 5.50. The van der Waals surface area contributed by atoms with Gasteiger partial charge in [0.15, 0.2) is 0 Å². The molecule has 142 valence electrons. The van der Waals surface area contributed by atoms with Gasteiger partial charge in [-0.15, -0.1) is 0 Å². The van der Waals surface area contributed by atoms with Crippen LogP contribution in [-0.4, -0.2) is 9.78 Å². The lowest BCUT2D eigenvalue weighted by molar-refractivity contribution is 0.482. The number of anilines is 1. The second-order valence-corrected chi connectivity index (χ2v) is 7.23. The van der Waals surface area contributed by atoms with E-state index in [1.807, 2.05) is 54.2 Å². The molecule has 1 heterocycles. The molecule has 0 radical (unpaired) electrons. The molecule has 0 saturated carbocycles. The van der Waals surface area contributed by atoms with Crippen molar-refractivity contribution >= 4 is 5.69 Å². The zero-order valence-corrected chi connectivity index (χ0v) is 16.6. The summed E-state index contributed by atoms with van der Waals surface area (Å²) in [7, 11) is 1.97. The molecule has 1 aromatic heterocycles. The minimum absolute atomic E-state index is 0.252. The molecule has 0 fully saturated rings. The van der Waals surface area contributed by atoms with Gasteiger partial charge in [-0.2, -0.15) is 5.10 Å². The number of aromatic nitrogens is 2. The monoisotopic (exact) mass is 363 g/mol. The Morgan fingerprint density at radius 2 is 1.67 bits per heavy atom. The quantitative estimate of drug-likeness (QED) is 0.511. The van der Waals surface area contributed by atoms with E-state index in [2.05, 4.69) is 49.5 Å². The second kappa shape index (κ2) is 8.76. The maximum Gasteiger partial charge on any atom is 0.127 e. The lowest BCUT2D eigenvalue weighted by Gasteiger charge is -2.20. The maximum absolute atomic E-state index is 5.91. The summed E-state index contributed by atoms with van der Waals surface area (Å²) < 4.78 is 7.80. The topological polar surface area (TPSA) is 39.1 Å². The molecule has 4 heteroatoms. The van der Waals surface area contributed by atoms with Crippen molar-refractivity contribution in [2.45, 2.75) is 45.6 Å². The molecule has 1 unspecified atom stereocenters. The zero-order valence-electron chi connectivity index (χ0n) is 16.6. The number of hydrogen-bond acceptors (Lipinski definition) is 3. The zero-order chi connectivity index (χ0) is 19.2. The van der Waals surface area contributed by atoms with Crippen LogP contribution < -0.4 is 10.1 Å². The minimum Gasteiger partial charge on any atom is -0.457 e. The van der Waals surface area contributed by atoms with Gasteiger partial charge in [0.1, 0.15) is 11.5 Å². The van der Waals surface area contributed by atoms with E-state index in [1.165, 1.54) is 5.56 Å². The van der Waals surface area contributed by atoms with Crippen molar-refractivity contribution in [1.82, 2.24) is 9.78 Å². The summed E-state index contributed by atoms with van der Waals surface area (Å²) in [5, 5.41) is 8.32. The first-order chi connectivity index (χ1) is 13.1. The number of aryl methyl sites for hydroxylation is 1. The van der Waals surface area contributed by atoms with Crippen molar-refractivity contribution in [1.29, 1.82) is 0 Å². The highest BCUT2D eigenvalue weighted by atomic mass is 16.5. The Morgan fingerprint density at radius 1 is 1.00 bits per heavy atom. The van der Waals surface area contributed by atoms with Gasteiger partial charge in [0.05, 0.1) is 17.4 Å². The van der Waals surface area contributed by atoms with Gasteiger partial charge < -0.3 is 10.1 Å². The molecule has 3 rings (SSSR count). The molecule has 0 bridgehead atoms. The fraction of sp³-hybridized carbons (Fsp3) is 0.348. The van der Waals surface area contributed by atoms with E-state index >= 15 is 0 Å². The summed E-state index contributed by atoms with van der Waals surface area (Å²) in [6, 6.07) is 18.5. The number of rotatable bonds is 8. The fourth-order valence-corrected chi connectivity index (χ4v) is 3.23. The van der Waals surface area contributed by atoms with Gasteiger partial charge in [0.25, 0.3) is 0 Å². The first-order valence-corrected chi connectivity index (χ1v) is 9.69. The molecule has 2 aromatic carbocycles. The Morgan fingerprint density at radius 3 is 2.30 bits per heavy atom. The van der Waals surface area contributed by atoms with E-state index in [9.17, 15) is 0 Å². The van der Waals surface area contributed by atoms with Crippen molar-refractivity contribution < 1.29 is 4.74 Å². The number of hydrogen-bond donors (Lipinski definition) is 1. The third-order valence-corrected chi connectivity index (χ3v) is 4.57. The maximum atomic E-state index is 5.91. The van der Waals surface area contributed by atoms with Gasteiger partial charge in [0, 0.05) is 13.2 Å². The molecule has 0 aliphatic heterocycles. The lowest BCUT2D eigenvalue weighted by atomic mass is 10.0. The Labute approximate surface area is 162 Å². The van der Waals surface area contributed by atoms with E-state index < -0.39 is 0 Å². The molecule has 0 spiro atoms. The van der Waals surface area contributed by atoms with Gasteiger partial charge in [-0.3, -0.25) is 4.68 Å². The molecule has 0 saturated heterocycles. The van der Waals surface area contributed by atoms with E-state index in [0.717, 1.165) is 35.7 Å². The number of nitrogens with zero attached hydrogens (tertiary/aromatic N) is 2. The van der Waals surface area contributed by atoms with E-state index in [1.54, 1.807) is 0 Å². The van der Waals surface area contributed by atoms with Crippen LogP contribution in [0.25, 0.3) is 0 Å². The number of ether oxygens (including phenoxy) is 1. The van der Waals surface area contributed by atoms with Crippen LogP contribution in [0.4, 0.5) is 5.69 Å². The lowest BCUT2D eigenvalue weighted by Crippen LogP contribution is -2.11. The van der Waals surface area contributed by atoms with Crippen LogP contribution in [0.15, 0.2) is 60.8 Å². The number of nitrogens with one attached hydrogen (secondary N) is 1. The fourth-order valence-electron chi connectivity index (χ4n) is 3.23. The molecule has 1 N–H and O–H groups in total. The van der Waals surface area contributed by atoms with E-state index in [0.29, 0.717) is 5.92 Å². The number of benzene rings is 2. The molecule has 1 atom stereocenters. The van der Waals surface area contributed by atoms with Crippen LogP contribution in [0.2, 0.25) is 0 Å². The van der Waals surface area contributed by atoms with E-state index in [4.69, 9.17) is 4.74 Å². The molecular formula is C23H29N3O. The van der Waals surface area contributed by atoms with Crippen molar-refractivity contribution in [2.75, 3.05) is 5.32 Å². The van der Waals surface area contributed by atoms with Crippen LogP contribution in [-0.2, 0) is 7.05 Å². The molecule has 0 aliphatic carbocycles. The predicted octanol–water partition coefficient (Wildman–Crippen LogP) is 6.29. The first kappa shape index (κ1) is 19.0. The molecule has 0 amide bonds. The normalized spacial score (nSPS) is 12.2. The first-order valence-electron chi connectivity index (χ1n) is 9.69. The SMILES string of the molecule is CCCC(Nc1cn(C)nc1C(C)C)c1ccc(Oc2ccccc2)cc1. The summed E-state index contributed by atoms with van der Waals surface area (Å²) in [5.41, 5.74) is 3.49. The average Bonchev–Trinajstić information content (AvgIpc) is 3.03. The van der Waals surface area contributed by atoms with Gasteiger partial charge in [-0.25, -0.2) is 0 Å². The largest absolute Gasteiger partial charge is 0.457 e. The van der Waals surface area contributed by atoms with Crippen molar-refractivity contribution in [2.24, 2.45) is 7.05 Å². The van der Waals surface area contributed by atoms with Crippen molar-refractivity contribution in [3.05, 3.63) is 72.1 Å². The van der Waals surface area contributed by atoms with Crippen LogP contribution >= 0.6 is 0 Å². The molecular weight excluding hydrogens is 334 g/mol. The van der Waals surface area contributed by atoms with Gasteiger partial charge >= 0.3 is 0 Å². The standard InChI is InChI=1S/C23H29N3O/c1-5-9-21(24-22-16-26(4)25-23(22)17(2)3)18-12-14-20(15-13-18)27-19-10-7-6-8-11-19/h6-8,10-17,21,24H,5,9H2,1-4H3.